The first-order chi connectivity index (χ1) is 9.83. The van der Waals surface area contributed by atoms with E-state index in [4.69, 9.17) is 0 Å². The summed E-state index contributed by atoms with van der Waals surface area (Å²) in [4.78, 5) is 0. The molecule has 2 aromatic carbocycles. The Morgan fingerprint density at radius 2 is 1.55 bits per heavy atom. The second-order valence-electron chi connectivity index (χ2n) is 5.88. The summed E-state index contributed by atoms with van der Waals surface area (Å²) >= 11 is 2.02. The molecule has 0 saturated heterocycles. The third-order valence-corrected chi connectivity index (χ3v) is 6.12. The van der Waals surface area contributed by atoms with E-state index in [2.05, 4.69) is 60.1 Å². The molecule has 102 valence electrons. The van der Waals surface area contributed by atoms with E-state index in [1.807, 2.05) is 11.8 Å². The number of rotatable bonds is 4. The Labute approximate surface area is 124 Å². The Bertz CT molecular complexity index is 600. The first-order valence-electron chi connectivity index (χ1n) is 7.30. The van der Waals surface area contributed by atoms with E-state index in [0.717, 1.165) is 6.54 Å². The topological polar surface area (TPSA) is 12.0 Å². The van der Waals surface area contributed by atoms with Gasteiger partial charge < -0.3 is 5.32 Å². The van der Waals surface area contributed by atoms with E-state index in [0.29, 0.717) is 10.8 Å². The number of benzene rings is 2. The number of thioether (sulfide) groups is 1. The summed E-state index contributed by atoms with van der Waals surface area (Å²) in [5.74, 6) is 0. The van der Waals surface area contributed by atoms with Gasteiger partial charge in [-0.05, 0) is 41.4 Å². The lowest BCUT2D eigenvalue weighted by molar-refractivity contribution is 0.599. The van der Waals surface area contributed by atoms with Crippen molar-refractivity contribution >= 4 is 11.8 Å². The van der Waals surface area contributed by atoms with E-state index >= 15 is 0 Å². The quantitative estimate of drug-likeness (QED) is 0.899. The van der Waals surface area contributed by atoms with Crippen molar-refractivity contribution in [2.45, 2.75) is 23.6 Å². The average molecular weight is 281 g/mol. The standard InChI is InChI=1S/C18H19NS/c1-20-18(10-11-18)12-19-17-15-8-4-2-6-13(15)14-7-3-5-9-16(14)17/h2-9,17,19H,10-12H2,1H3. The van der Waals surface area contributed by atoms with Crippen molar-refractivity contribution in [2.75, 3.05) is 12.8 Å². The van der Waals surface area contributed by atoms with Gasteiger partial charge in [0.05, 0.1) is 6.04 Å². The molecule has 2 aliphatic carbocycles. The van der Waals surface area contributed by atoms with Crippen LogP contribution in [-0.4, -0.2) is 17.5 Å². The highest BCUT2D eigenvalue weighted by atomic mass is 32.2. The summed E-state index contributed by atoms with van der Waals surface area (Å²) in [6, 6.07) is 18.0. The molecular weight excluding hydrogens is 262 g/mol. The third kappa shape index (κ3) is 1.90. The fraction of sp³-hybridized carbons (Fsp3) is 0.333. The van der Waals surface area contributed by atoms with Gasteiger partial charge in [-0.15, -0.1) is 0 Å². The van der Waals surface area contributed by atoms with Crippen molar-refractivity contribution in [3.8, 4) is 11.1 Å². The SMILES string of the molecule is CSC1(CNC2c3ccccc3-c3ccccc32)CC1. The van der Waals surface area contributed by atoms with Crippen LogP contribution in [0.15, 0.2) is 48.5 Å². The van der Waals surface area contributed by atoms with Crippen LogP contribution in [0.5, 0.6) is 0 Å². The normalized spacial score (nSPS) is 18.6. The third-order valence-electron chi connectivity index (χ3n) is 4.70. The molecule has 4 rings (SSSR count). The molecule has 0 amide bonds. The predicted molar refractivity (Wildman–Crippen MR) is 87.2 cm³/mol. The summed E-state index contributed by atoms with van der Waals surface area (Å²) in [6.07, 6.45) is 4.96. The summed E-state index contributed by atoms with van der Waals surface area (Å²) in [5, 5.41) is 3.83. The molecule has 2 aromatic rings. The Hall–Kier alpha value is -1.25. The molecule has 1 fully saturated rings. The molecule has 0 unspecified atom stereocenters. The molecule has 2 aliphatic rings. The second-order valence-corrected chi connectivity index (χ2v) is 7.15. The molecule has 1 nitrogen and oxygen atoms in total. The van der Waals surface area contributed by atoms with Crippen LogP contribution in [0.25, 0.3) is 11.1 Å². The highest BCUT2D eigenvalue weighted by Crippen LogP contribution is 2.48. The molecule has 1 saturated carbocycles. The van der Waals surface area contributed by atoms with Crippen LogP contribution in [0.1, 0.15) is 30.0 Å². The molecule has 1 N–H and O–H groups in total. The first-order valence-corrected chi connectivity index (χ1v) is 8.52. The highest BCUT2D eigenvalue weighted by Gasteiger charge is 2.42. The fourth-order valence-electron chi connectivity index (χ4n) is 3.26. The van der Waals surface area contributed by atoms with E-state index in [1.165, 1.54) is 35.1 Å². The number of fused-ring (bicyclic) bond motifs is 3. The Morgan fingerprint density at radius 1 is 1.00 bits per heavy atom. The fourth-order valence-corrected chi connectivity index (χ4v) is 3.99. The minimum absolute atomic E-state index is 0.368. The lowest BCUT2D eigenvalue weighted by Gasteiger charge is -2.20. The van der Waals surface area contributed by atoms with Crippen LogP contribution >= 0.6 is 11.8 Å². The minimum Gasteiger partial charge on any atom is -0.305 e. The van der Waals surface area contributed by atoms with Crippen molar-refractivity contribution in [3.05, 3.63) is 59.7 Å². The van der Waals surface area contributed by atoms with Gasteiger partial charge in [-0.3, -0.25) is 0 Å². The number of nitrogens with one attached hydrogen (secondary N) is 1. The van der Waals surface area contributed by atoms with Crippen molar-refractivity contribution in [2.24, 2.45) is 0 Å². The van der Waals surface area contributed by atoms with Crippen LogP contribution in [-0.2, 0) is 0 Å². The van der Waals surface area contributed by atoms with Crippen LogP contribution in [0.2, 0.25) is 0 Å². The molecular formula is C18H19NS. The predicted octanol–water partition coefficient (Wildman–Crippen LogP) is 4.24. The zero-order chi connectivity index (χ0) is 13.6. The molecule has 0 atom stereocenters. The van der Waals surface area contributed by atoms with E-state index in [1.54, 1.807) is 0 Å². The van der Waals surface area contributed by atoms with E-state index < -0.39 is 0 Å². The minimum atomic E-state index is 0.368. The smallest absolute Gasteiger partial charge is 0.0589 e. The van der Waals surface area contributed by atoms with Crippen LogP contribution in [0, 0.1) is 0 Å². The molecule has 0 spiro atoms. The lowest BCUT2D eigenvalue weighted by atomic mass is 10.1. The Kier molecular flexibility index (Phi) is 2.90. The van der Waals surface area contributed by atoms with Gasteiger partial charge in [0.25, 0.3) is 0 Å². The van der Waals surface area contributed by atoms with Crippen LogP contribution in [0.4, 0.5) is 0 Å². The number of hydrogen-bond acceptors (Lipinski definition) is 2. The second kappa shape index (κ2) is 4.64. The average Bonchev–Trinajstić information content (AvgIpc) is 3.22. The van der Waals surface area contributed by atoms with Gasteiger partial charge in [-0.25, -0.2) is 0 Å². The molecule has 0 bridgehead atoms. The molecule has 0 heterocycles. The molecule has 0 aliphatic heterocycles. The molecule has 2 heteroatoms. The summed E-state index contributed by atoms with van der Waals surface area (Å²) in [6.45, 7) is 1.11. The van der Waals surface area contributed by atoms with Crippen molar-refractivity contribution < 1.29 is 0 Å². The van der Waals surface area contributed by atoms with Crippen molar-refractivity contribution in [1.82, 2.24) is 5.32 Å². The number of hydrogen-bond donors (Lipinski definition) is 1. The van der Waals surface area contributed by atoms with Gasteiger partial charge in [0, 0.05) is 11.3 Å². The van der Waals surface area contributed by atoms with Gasteiger partial charge in [0.15, 0.2) is 0 Å². The zero-order valence-corrected chi connectivity index (χ0v) is 12.5. The summed E-state index contributed by atoms with van der Waals surface area (Å²) < 4.78 is 0.506. The monoisotopic (exact) mass is 281 g/mol. The largest absolute Gasteiger partial charge is 0.305 e. The lowest BCUT2D eigenvalue weighted by Crippen LogP contribution is -2.29. The maximum Gasteiger partial charge on any atom is 0.0589 e. The van der Waals surface area contributed by atoms with Crippen LogP contribution in [0.3, 0.4) is 0 Å². The Morgan fingerprint density at radius 3 is 2.05 bits per heavy atom. The van der Waals surface area contributed by atoms with Crippen LogP contribution < -0.4 is 5.32 Å². The van der Waals surface area contributed by atoms with E-state index in [-0.39, 0.29) is 0 Å². The van der Waals surface area contributed by atoms with Crippen molar-refractivity contribution in [3.63, 3.8) is 0 Å². The van der Waals surface area contributed by atoms with Gasteiger partial charge in [-0.2, -0.15) is 11.8 Å². The maximum atomic E-state index is 3.83. The summed E-state index contributed by atoms with van der Waals surface area (Å²) in [5.41, 5.74) is 5.67. The van der Waals surface area contributed by atoms with E-state index in [9.17, 15) is 0 Å². The van der Waals surface area contributed by atoms with Gasteiger partial charge in [0.1, 0.15) is 0 Å². The molecule has 0 radical (unpaired) electrons. The zero-order valence-electron chi connectivity index (χ0n) is 11.7. The first kappa shape index (κ1) is 12.5. The molecule has 20 heavy (non-hydrogen) atoms. The highest BCUT2D eigenvalue weighted by molar-refractivity contribution is 8.00. The van der Waals surface area contributed by atoms with Gasteiger partial charge in [0.2, 0.25) is 0 Å². The Balaban J connectivity index is 1.68. The van der Waals surface area contributed by atoms with Crippen molar-refractivity contribution in [1.29, 1.82) is 0 Å². The maximum absolute atomic E-state index is 3.83. The van der Waals surface area contributed by atoms with Gasteiger partial charge >= 0.3 is 0 Å². The summed E-state index contributed by atoms with van der Waals surface area (Å²) in [7, 11) is 0. The van der Waals surface area contributed by atoms with Gasteiger partial charge in [-0.1, -0.05) is 48.5 Å². The molecule has 0 aromatic heterocycles.